The van der Waals surface area contributed by atoms with Crippen molar-refractivity contribution in [2.24, 2.45) is 0 Å². The van der Waals surface area contributed by atoms with Gasteiger partial charge in [0, 0.05) is 5.69 Å². The fourth-order valence-corrected chi connectivity index (χ4v) is 5.59. The lowest BCUT2D eigenvalue weighted by atomic mass is 10.1. The predicted octanol–water partition coefficient (Wildman–Crippen LogP) is 5.95. The number of carbonyl (C=O) groups excluding carboxylic acids is 1. The van der Waals surface area contributed by atoms with E-state index in [1.54, 1.807) is 43.3 Å². The maximum atomic E-state index is 13.4. The first-order chi connectivity index (χ1) is 18.9. The molecule has 0 bridgehead atoms. The van der Waals surface area contributed by atoms with E-state index < -0.39 is 22.0 Å². The third-order valence-electron chi connectivity index (χ3n) is 6.17. The number of nitrogens with zero attached hydrogens (tertiary/aromatic N) is 1. The number of carbonyl (C=O) groups is 1. The molecule has 0 radical (unpaired) electrons. The minimum Gasteiger partial charge on any atom is -0.466 e. The molecule has 0 saturated carbocycles. The van der Waals surface area contributed by atoms with E-state index in [2.05, 4.69) is 20.0 Å². The Morgan fingerprint density at radius 2 is 1.62 bits per heavy atom. The first kappa shape index (κ1) is 26.1. The van der Waals surface area contributed by atoms with Gasteiger partial charge in [-0.3, -0.25) is 4.79 Å². The number of H-pyrrole nitrogens is 1. The van der Waals surface area contributed by atoms with Crippen LogP contribution < -0.4 is 10.0 Å². The summed E-state index contributed by atoms with van der Waals surface area (Å²) >= 11 is 0. The summed E-state index contributed by atoms with van der Waals surface area (Å²) < 4.78 is 34.7. The molecular weight excluding hydrogens is 512 g/mol. The van der Waals surface area contributed by atoms with E-state index in [-0.39, 0.29) is 17.9 Å². The van der Waals surface area contributed by atoms with E-state index >= 15 is 0 Å². The standard InChI is InChI=1S/C30H28N4O4S/c1-2-38-29(35)20-28(21-10-4-3-5-11-21)34-39(36,37)25-15-9-13-23(19-25)22-12-8-14-24(18-22)31-30-32-26-16-6-7-17-27(26)33-30/h3-19,28,34H,2,20H2,1H3,(H2,31,32,33). The van der Waals surface area contributed by atoms with Gasteiger partial charge in [0.15, 0.2) is 0 Å². The van der Waals surface area contributed by atoms with Gasteiger partial charge in [-0.05, 0) is 60.0 Å². The van der Waals surface area contributed by atoms with Crippen LogP contribution in [0.4, 0.5) is 11.6 Å². The van der Waals surface area contributed by atoms with Crippen LogP contribution in [0.1, 0.15) is 24.9 Å². The van der Waals surface area contributed by atoms with Gasteiger partial charge in [-0.2, -0.15) is 0 Å². The van der Waals surface area contributed by atoms with Crippen LogP contribution >= 0.6 is 0 Å². The van der Waals surface area contributed by atoms with Gasteiger partial charge in [0.05, 0.1) is 35.0 Å². The Morgan fingerprint density at radius 1 is 0.897 bits per heavy atom. The van der Waals surface area contributed by atoms with E-state index in [1.807, 2.05) is 60.7 Å². The number of hydrogen-bond acceptors (Lipinski definition) is 6. The number of aromatic amines is 1. The van der Waals surface area contributed by atoms with E-state index in [4.69, 9.17) is 4.74 Å². The molecule has 0 aliphatic carbocycles. The number of ether oxygens (including phenoxy) is 1. The molecule has 5 aromatic rings. The van der Waals surface area contributed by atoms with Crippen molar-refractivity contribution in [1.82, 2.24) is 14.7 Å². The second kappa shape index (κ2) is 11.5. The zero-order valence-electron chi connectivity index (χ0n) is 21.3. The summed E-state index contributed by atoms with van der Waals surface area (Å²) in [6, 6.07) is 30.4. The van der Waals surface area contributed by atoms with Crippen LogP contribution in [0, 0.1) is 0 Å². The highest BCUT2D eigenvalue weighted by atomic mass is 32.2. The quantitative estimate of drug-likeness (QED) is 0.189. The molecule has 0 spiro atoms. The fraction of sp³-hybridized carbons (Fsp3) is 0.133. The van der Waals surface area contributed by atoms with E-state index in [9.17, 15) is 13.2 Å². The van der Waals surface area contributed by atoms with Crippen LogP contribution in [0.25, 0.3) is 22.2 Å². The number of nitrogens with one attached hydrogen (secondary N) is 3. The van der Waals surface area contributed by atoms with Crippen LogP contribution in [-0.4, -0.2) is 31.0 Å². The minimum absolute atomic E-state index is 0.0976. The summed E-state index contributed by atoms with van der Waals surface area (Å²) in [6.07, 6.45) is -0.119. The summed E-state index contributed by atoms with van der Waals surface area (Å²) in [5, 5.41) is 3.28. The maximum Gasteiger partial charge on any atom is 0.307 e. The SMILES string of the molecule is CCOC(=O)CC(NS(=O)(=O)c1cccc(-c2cccc(Nc3nc4ccccc4[nH]3)c2)c1)c1ccccc1. The topological polar surface area (TPSA) is 113 Å². The number of fused-ring (bicyclic) bond motifs is 1. The van der Waals surface area contributed by atoms with Crippen molar-refractivity contribution < 1.29 is 17.9 Å². The smallest absolute Gasteiger partial charge is 0.307 e. The molecule has 0 aliphatic rings. The summed E-state index contributed by atoms with van der Waals surface area (Å²) in [4.78, 5) is 20.1. The van der Waals surface area contributed by atoms with Crippen molar-refractivity contribution in [3.63, 3.8) is 0 Å². The third-order valence-corrected chi connectivity index (χ3v) is 7.64. The van der Waals surface area contributed by atoms with Gasteiger partial charge in [-0.15, -0.1) is 0 Å². The minimum atomic E-state index is -3.96. The zero-order valence-corrected chi connectivity index (χ0v) is 22.1. The van der Waals surface area contributed by atoms with Crippen molar-refractivity contribution in [3.8, 4) is 11.1 Å². The van der Waals surface area contributed by atoms with E-state index in [0.717, 1.165) is 27.8 Å². The van der Waals surface area contributed by atoms with Crippen LogP contribution in [0.15, 0.2) is 108 Å². The summed E-state index contributed by atoms with van der Waals surface area (Å²) in [7, 11) is -3.96. The molecule has 0 saturated heterocycles. The number of rotatable bonds is 10. The average molecular weight is 541 g/mol. The molecule has 1 heterocycles. The fourth-order valence-electron chi connectivity index (χ4n) is 4.32. The second-order valence-electron chi connectivity index (χ2n) is 8.93. The van der Waals surface area contributed by atoms with Crippen molar-refractivity contribution in [3.05, 3.63) is 109 Å². The molecular formula is C30H28N4O4S. The van der Waals surface area contributed by atoms with Gasteiger partial charge in [0.25, 0.3) is 0 Å². The summed E-state index contributed by atoms with van der Waals surface area (Å²) in [5.41, 5.74) is 4.83. The Balaban J connectivity index is 1.39. The molecule has 198 valence electrons. The molecule has 1 aromatic heterocycles. The highest BCUT2D eigenvalue weighted by Crippen LogP contribution is 2.28. The molecule has 39 heavy (non-hydrogen) atoms. The van der Waals surface area contributed by atoms with Gasteiger partial charge < -0.3 is 15.0 Å². The molecule has 0 fully saturated rings. The Bertz CT molecular complexity index is 1670. The van der Waals surface area contributed by atoms with Crippen LogP contribution in [0.3, 0.4) is 0 Å². The third kappa shape index (κ3) is 6.34. The Morgan fingerprint density at radius 3 is 2.38 bits per heavy atom. The Labute approximate surface area is 227 Å². The predicted molar refractivity (Wildman–Crippen MR) is 152 cm³/mol. The largest absolute Gasteiger partial charge is 0.466 e. The number of para-hydroxylation sites is 2. The number of benzene rings is 4. The van der Waals surface area contributed by atoms with Crippen molar-refractivity contribution in [2.45, 2.75) is 24.3 Å². The van der Waals surface area contributed by atoms with Crippen molar-refractivity contribution in [1.29, 1.82) is 0 Å². The van der Waals surface area contributed by atoms with Crippen LogP contribution in [-0.2, 0) is 19.6 Å². The molecule has 4 aromatic carbocycles. The van der Waals surface area contributed by atoms with E-state index in [1.165, 1.54) is 6.07 Å². The first-order valence-electron chi connectivity index (χ1n) is 12.6. The number of anilines is 2. The number of esters is 1. The van der Waals surface area contributed by atoms with Gasteiger partial charge >= 0.3 is 5.97 Å². The lowest BCUT2D eigenvalue weighted by molar-refractivity contribution is -0.143. The highest BCUT2D eigenvalue weighted by Gasteiger charge is 2.24. The summed E-state index contributed by atoms with van der Waals surface area (Å²) in [6.45, 7) is 1.94. The normalized spacial score (nSPS) is 12.2. The number of hydrogen-bond donors (Lipinski definition) is 3. The molecule has 1 unspecified atom stereocenters. The summed E-state index contributed by atoms with van der Waals surface area (Å²) in [5.74, 6) is 0.138. The van der Waals surface area contributed by atoms with Crippen LogP contribution in [0.5, 0.6) is 0 Å². The Kier molecular flexibility index (Phi) is 7.72. The maximum absolute atomic E-state index is 13.4. The van der Waals surface area contributed by atoms with E-state index in [0.29, 0.717) is 11.5 Å². The zero-order chi connectivity index (χ0) is 27.2. The molecule has 1 atom stereocenters. The average Bonchev–Trinajstić information content (AvgIpc) is 3.36. The van der Waals surface area contributed by atoms with Gasteiger partial charge in [0.1, 0.15) is 0 Å². The molecule has 0 amide bonds. The lowest BCUT2D eigenvalue weighted by Gasteiger charge is -2.19. The molecule has 5 rings (SSSR count). The monoisotopic (exact) mass is 540 g/mol. The first-order valence-corrected chi connectivity index (χ1v) is 14.0. The molecule has 3 N–H and O–H groups in total. The van der Waals surface area contributed by atoms with Crippen molar-refractivity contribution in [2.75, 3.05) is 11.9 Å². The molecule has 0 aliphatic heterocycles. The van der Waals surface area contributed by atoms with Gasteiger partial charge in [0.2, 0.25) is 16.0 Å². The van der Waals surface area contributed by atoms with Crippen LogP contribution in [0.2, 0.25) is 0 Å². The number of imidazole rings is 1. The molecule has 8 nitrogen and oxygen atoms in total. The van der Waals surface area contributed by atoms with Gasteiger partial charge in [-0.25, -0.2) is 18.1 Å². The number of sulfonamides is 1. The Hall–Kier alpha value is -4.47. The number of aromatic nitrogens is 2. The second-order valence-corrected chi connectivity index (χ2v) is 10.6. The lowest BCUT2D eigenvalue weighted by Crippen LogP contribution is -2.30. The van der Waals surface area contributed by atoms with Gasteiger partial charge in [-0.1, -0.05) is 66.7 Å². The van der Waals surface area contributed by atoms with Crippen molar-refractivity contribution >= 4 is 38.7 Å². The molecule has 9 heteroatoms. The highest BCUT2D eigenvalue weighted by molar-refractivity contribution is 7.89.